The molecule has 0 aromatic rings. The van der Waals surface area contributed by atoms with Crippen LogP contribution in [0.3, 0.4) is 0 Å². The second-order valence-electron chi connectivity index (χ2n) is 3.74. The van der Waals surface area contributed by atoms with E-state index in [2.05, 4.69) is 10.6 Å². The van der Waals surface area contributed by atoms with E-state index in [1.54, 1.807) is 13.8 Å². The van der Waals surface area contributed by atoms with E-state index >= 15 is 0 Å². The van der Waals surface area contributed by atoms with Gasteiger partial charge in [0.1, 0.15) is 12.1 Å². The van der Waals surface area contributed by atoms with Gasteiger partial charge in [-0.2, -0.15) is 0 Å². The summed E-state index contributed by atoms with van der Waals surface area (Å²) in [6.45, 7) is 4.42. The standard InChI is InChI=1S/C10H20N2O4/c1-7(9(13)14)11-5-3-4-6-12-8(2)10(15)16/h7-8,11-12H,3-6H2,1-2H3,(H,13,14)(H,15,16)/t7-,8+. The van der Waals surface area contributed by atoms with Crippen LogP contribution in [0.25, 0.3) is 0 Å². The minimum absolute atomic E-state index is 0.536. The highest BCUT2D eigenvalue weighted by Gasteiger charge is 2.09. The third kappa shape index (κ3) is 7.19. The molecule has 0 saturated heterocycles. The molecule has 0 aromatic heterocycles. The maximum Gasteiger partial charge on any atom is 0.320 e. The van der Waals surface area contributed by atoms with Gasteiger partial charge in [0.25, 0.3) is 0 Å². The van der Waals surface area contributed by atoms with Crippen molar-refractivity contribution < 1.29 is 19.8 Å². The van der Waals surface area contributed by atoms with Crippen LogP contribution in [0.2, 0.25) is 0 Å². The van der Waals surface area contributed by atoms with Crippen molar-refractivity contribution in [3.63, 3.8) is 0 Å². The zero-order chi connectivity index (χ0) is 12.6. The summed E-state index contributed by atoms with van der Waals surface area (Å²) in [4.78, 5) is 20.9. The van der Waals surface area contributed by atoms with Gasteiger partial charge in [0.15, 0.2) is 0 Å². The van der Waals surface area contributed by atoms with Crippen molar-refractivity contribution in [1.29, 1.82) is 0 Å². The summed E-state index contributed by atoms with van der Waals surface area (Å²) in [6.07, 6.45) is 1.63. The van der Waals surface area contributed by atoms with Crippen LogP contribution in [0, 0.1) is 0 Å². The van der Waals surface area contributed by atoms with Crippen LogP contribution in [0.4, 0.5) is 0 Å². The Hall–Kier alpha value is -1.14. The molecule has 0 amide bonds. The minimum atomic E-state index is -0.863. The number of rotatable bonds is 9. The molecule has 0 aliphatic carbocycles. The van der Waals surface area contributed by atoms with Crippen LogP contribution < -0.4 is 10.6 Å². The summed E-state index contributed by atoms with van der Waals surface area (Å²) in [5.74, 6) is -1.73. The largest absolute Gasteiger partial charge is 0.480 e. The Bertz CT molecular complexity index is 209. The fourth-order valence-corrected chi connectivity index (χ4v) is 1.06. The smallest absolute Gasteiger partial charge is 0.320 e. The Morgan fingerprint density at radius 3 is 1.50 bits per heavy atom. The number of carboxylic acid groups (broad SMARTS) is 2. The van der Waals surface area contributed by atoms with Gasteiger partial charge >= 0.3 is 11.9 Å². The molecule has 0 aliphatic rings. The fourth-order valence-electron chi connectivity index (χ4n) is 1.06. The monoisotopic (exact) mass is 232 g/mol. The summed E-state index contributed by atoms with van der Waals surface area (Å²) in [6, 6.07) is -1.07. The van der Waals surface area contributed by atoms with Gasteiger partial charge in [0.05, 0.1) is 0 Å². The molecule has 0 spiro atoms. The normalized spacial score (nSPS) is 14.4. The van der Waals surface area contributed by atoms with Crippen molar-refractivity contribution in [2.75, 3.05) is 13.1 Å². The number of unbranched alkanes of at least 4 members (excludes halogenated alkanes) is 1. The third-order valence-corrected chi connectivity index (χ3v) is 2.25. The zero-order valence-electron chi connectivity index (χ0n) is 9.69. The molecule has 0 rings (SSSR count). The maximum atomic E-state index is 10.4. The van der Waals surface area contributed by atoms with Crippen molar-refractivity contribution in [1.82, 2.24) is 10.6 Å². The lowest BCUT2D eigenvalue weighted by Gasteiger charge is -2.10. The van der Waals surface area contributed by atoms with Gasteiger partial charge in [-0.05, 0) is 39.8 Å². The zero-order valence-corrected chi connectivity index (χ0v) is 9.69. The lowest BCUT2D eigenvalue weighted by atomic mass is 10.2. The topological polar surface area (TPSA) is 98.7 Å². The first kappa shape index (κ1) is 14.9. The maximum absolute atomic E-state index is 10.4. The van der Waals surface area contributed by atoms with Crippen molar-refractivity contribution in [3.05, 3.63) is 0 Å². The van der Waals surface area contributed by atoms with E-state index in [9.17, 15) is 9.59 Å². The Morgan fingerprint density at radius 2 is 1.25 bits per heavy atom. The molecule has 0 saturated carbocycles. The van der Waals surface area contributed by atoms with E-state index in [1.165, 1.54) is 0 Å². The second kappa shape index (κ2) is 8.06. The van der Waals surface area contributed by atoms with Gasteiger partial charge in [-0.25, -0.2) is 0 Å². The Kier molecular flexibility index (Phi) is 7.49. The average Bonchev–Trinajstić information content (AvgIpc) is 2.21. The van der Waals surface area contributed by atoms with Crippen molar-refractivity contribution >= 4 is 11.9 Å². The molecule has 0 heterocycles. The molecule has 0 bridgehead atoms. The van der Waals surface area contributed by atoms with E-state index in [1.807, 2.05) is 0 Å². The summed E-state index contributed by atoms with van der Waals surface area (Å²) in [7, 11) is 0. The SMILES string of the molecule is C[C@H](NCCCCN[C@H](C)C(=O)O)C(=O)O. The Balaban J connectivity index is 3.34. The van der Waals surface area contributed by atoms with Crippen LogP contribution in [0.1, 0.15) is 26.7 Å². The first-order valence-corrected chi connectivity index (χ1v) is 5.37. The highest BCUT2D eigenvalue weighted by Crippen LogP contribution is 1.89. The molecule has 94 valence electrons. The van der Waals surface area contributed by atoms with E-state index in [4.69, 9.17) is 10.2 Å². The van der Waals surface area contributed by atoms with E-state index in [0.717, 1.165) is 12.8 Å². The third-order valence-electron chi connectivity index (χ3n) is 2.25. The quantitative estimate of drug-likeness (QED) is 0.414. The summed E-state index contributed by atoms with van der Waals surface area (Å²) in [5.41, 5.74) is 0. The van der Waals surface area contributed by atoms with Crippen molar-refractivity contribution in [2.45, 2.75) is 38.8 Å². The van der Waals surface area contributed by atoms with E-state index in [0.29, 0.717) is 13.1 Å². The molecule has 0 fully saturated rings. The van der Waals surface area contributed by atoms with Crippen molar-refractivity contribution in [3.8, 4) is 0 Å². The molecular weight excluding hydrogens is 212 g/mol. The van der Waals surface area contributed by atoms with Gasteiger partial charge < -0.3 is 20.8 Å². The second-order valence-corrected chi connectivity index (χ2v) is 3.74. The highest BCUT2D eigenvalue weighted by molar-refractivity contribution is 5.73. The molecular formula is C10H20N2O4. The lowest BCUT2D eigenvalue weighted by Crippen LogP contribution is -2.36. The summed E-state index contributed by atoms with van der Waals surface area (Å²) < 4.78 is 0. The first-order valence-electron chi connectivity index (χ1n) is 5.37. The van der Waals surface area contributed by atoms with E-state index < -0.39 is 24.0 Å². The van der Waals surface area contributed by atoms with Crippen molar-refractivity contribution in [2.24, 2.45) is 0 Å². The van der Waals surface area contributed by atoms with Gasteiger partial charge in [-0.1, -0.05) is 0 Å². The molecule has 0 radical (unpaired) electrons. The van der Waals surface area contributed by atoms with Crippen LogP contribution in [-0.4, -0.2) is 47.3 Å². The number of hydrogen-bond acceptors (Lipinski definition) is 4. The van der Waals surface area contributed by atoms with Crippen LogP contribution in [0.5, 0.6) is 0 Å². The number of carboxylic acids is 2. The van der Waals surface area contributed by atoms with Crippen LogP contribution in [-0.2, 0) is 9.59 Å². The fraction of sp³-hybridized carbons (Fsp3) is 0.800. The first-order chi connectivity index (χ1) is 7.45. The van der Waals surface area contributed by atoms with Crippen LogP contribution >= 0.6 is 0 Å². The van der Waals surface area contributed by atoms with E-state index in [-0.39, 0.29) is 0 Å². The van der Waals surface area contributed by atoms with Gasteiger partial charge in [0, 0.05) is 0 Å². The molecule has 2 atom stereocenters. The van der Waals surface area contributed by atoms with Gasteiger partial charge in [0.2, 0.25) is 0 Å². The number of aliphatic carboxylic acids is 2. The molecule has 6 nitrogen and oxygen atoms in total. The Morgan fingerprint density at radius 1 is 0.938 bits per heavy atom. The molecule has 6 heteroatoms. The van der Waals surface area contributed by atoms with Gasteiger partial charge in [-0.3, -0.25) is 9.59 Å². The van der Waals surface area contributed by atoms with Gasteiger partial charge in [-0.15, -0.1) is 0 Å². The van der Waals surface area contributed by atoms with Crippen LogP contribution in [0.15, 0.2) is 0 Å². The molecule has 4 N–H and O–H groups in total. The summed E-state index contributed by atoms with van der Waals surface area (Å²) >= 11 is 0. The predicted molar refractivity (Wildman–Crippen MR) is 59.4 cm³/mol. The lowest BCUT2D eigenvalue weighted by molar-refractivity contribution is -0.140. The average molecular weight is 232 g/mol. The Labute approximate surface area is 95.0 Å². The molecule has 0 aliphatic heterocycles. The molecule has 16 heavy (non-hydrogen) atoms. The number of carbonyl (C=O) groups is 2. The minimum Gasteiger partial charge on any atom is -0.480 e. The highest BCUT2D eigenvalue weighted by atomic mass is 16.4. The molecule has 0 aromatic carbocycles. The number of hydrogen-bond donors (Lipinski definition) is 4. The number of nitrogens with one attached hydrogen (secondary N) is 2. The molecule has 0 unspecified atom stereocenters. The summed E-state index contributed by atoms with van der Waals surface area (Å²) in [5, 5.41) is 22.9. The predicted octanol–water partition coefficient (Wildman–Crippen LogP) is -0.108.